The number of fused-ring (bicyclic) bond motifs is 1. The van der Waals surface area contributed by atoms with E-state index in [0.717, 1.165) is 23.8 Å². The zero-order valence-corrected chi connectivity index (χ0v) is 22.6. The molecule has 6 rings (SSSR count). The monoisotopic (exact) mass is 580 g/mol. The first-order valence-electron chi connectivity index (χ1n) is 13.9. The lowest BCUT2D eigenvalue weighted by Gasteiger charge is -2.48. The van der Waals surface area contributed by atoms with Crippen LogP contribution in [-0.4, -0.2) is 92.0 Å². The maximum atomic E-state index is 13.9. The number of alkyl halides is 3. The van der Waals surface area contributed by atoms with Crippen LogP contribution in [0, 0.1) is 11.7 Å². The SMILES string of the molecule is C[C@H]1CN([C@@H]2CC[C@@](C(=O)N3CCn4c(nnc4C(F)(F)F)C3)(C3CC3)OC2)CCN1c1ccc(F)c(C(=O)O)c1. The molecule has 1 aliphatic carbocycles. The molecule has 3 fully saturated rings. The van der Waals surface area contributed by atoms with Crippen LogP contribution in [0.3, 0.4) is 0 Å². The zero-order chi connectivity index (χ0) is 29.1. The molecular formula is C27H32F4N6O4. The van der Waals surface area contributed by atoms with Gasteiger partial charge in [-0.25, -0.2) is 9.18 Å². The van der Waals surface area contributed by atoms with E-state index in [-0.39, 0.29) is 54.9 Å². The second kappa shape index (κ2) is 10.2. The number of carboxylic acid groups (broad SMARTS) is 1. The van der Waals surface area contributed by atoms with Crippen molar-refractivity contribution in [3.63, 3.8) is 0 Å². The topological polar surface area (TPSA) is 104 Å². The number of benzene rings is 1. The van der Waals surface area contributed by atoms with Gasteiger partial charge in [0.1, 0.15) is 11.4 Å². The van der Waals surface area contributed by atoms with Gasteiger partial charge in [0.2, 0.25) is 5.82 Å². The fourth-order valence-electron chi connectivity index (χ4n) is 6.65. The summed E-state index contributed by atoms with van der Waals surface area (Å²) in [4.78, 5) is 31.2. The predicted molar refractivity (Wildman–Crippen MR) is 137 cm³/mol. The van der Waals surface area contributed by atoms with E-state index in [1.54, 1.807) is 11.0 Å². The van der Waals surface area contributed by atoms with Gasteiger partial charge in [0.25, 0.3) is 5.91 Å². The molecule has 1 saturated carbocycles. The first-order valence-corrected chi connectivity index (χ1v) is 13.9. The predicted octanol–water partition coefficient (Wildman–Crippen LogP) is 3.01. The Morgan fingerprint density at radius 2 is 1.88 bits per heavy atom. The molecule has 0 radical (unpaired) electrons. The third kappa shape index (κ3) is 5.05. The van der Waals surface area contributed by atoms with Crippen LogP contribution in [0.5, 0.6) is 0 Å². The summed E-state index contributed by atoms with van der Waals surface area (Å²) in [7, 11) is 0. The summed E-state index contributed by atoms with van der Waals surface area (Å²) < 4.78 is 61.1. The van der Waals surface area contributed by atoms with Crippen molar-refractivity contribution in [2.75, 3.05) is 37.7 Å². The second-order valence-corrected chi connectivity index (χ2v) is 11.5. The lowest BCUT2D eigenvalue weighted by Crippen LogP contribution is -2.61. The maximum absolute atomic E-state index is 13.9. The van der Waals surface area contributed by atoms with Crippen molar-refractivity contribution in [1.29, 1.82) is 0 Å². The number of aromatic carboxylic acids is 1. The number of rotatable bonds is 5. The number of carbonyl (C=O) groups excluding carboxylic acids is 1. The molecule has 4 aliphatic rings. The number of piperazine rings is 1. The number of ether oxygens (including phenoxy) is 1. The normalized spacial score (nSPS) is 27.5. The van der Waals surface area contributed by atoms with E-state index in [9.17, 15) is 32.3 Å². The first kappa shape index (κ1) is 27.9. The van der Waals surface area contributed by atoms with Crippen LogP contribution in [0.2, 0.25) is 0 Å². The standard InChI is InChI=1S/C27H32F4N6O4/c1-16-13-34(8-10-36(16)18-4-5-21(28)20(12-18)23(38)39)19-6-7-26(41-15-19,17-2-3-17)25(40)35-9-11-37-22(14-35)32-33-24(37)27(29,30)31/h4-5,12,16-17,19H,2-3,6-11,13-15H2,1H3,(H,38,39)/t16-,19+,26-/m0/s1. The average Bonchev–Trinajstić information content (AvgIpc) is 3.71. The van der Waals surface area contributed by atoms with Gasteiger partial charge in [0.05, 0.1) is 18.7 Å². The molecule has 1 amide bonds. The fraction of sp³-hybridized carbons (Fsp3) is 0.630. The minimum absolute atomic E-state index is 0.0174. The molecule has 41 heavy (non-hydrogen) atoms. The molecule has 1 aromatic heterocycles. The van der Waals surface area contributed by atoms with Gasteiger partial charge in [0.15, 0.2) is 5.82 Å². The second-order valence-electron chi connectivity index (χ2n) is 11.5. The minimum atomic E-state index is -4.60. The molecule has 4 heterocycles. The van der Waals surface area contributed by atoms with Crippen molar-refractivity contribution in [2.24, 2.45) is 5.92 Å². The van der Waals surface area contributed by atoms with Crippen molar-refractivity contribution in [2.45, 2.75) is 69.6 Å². The number of hydrogen-bond donors (Lipinski definition) is 1. The van der Waals surface area contributed by atoms with E-state index in [2.05, 4.69) is 20.0 Å². The number of anilines is 1. The number of carbonyl (C=O) groups is 2. The Labute approximate surface area is 233 Å². The molecule has 1 aromatic carbocycles. The van der Waals surface area contributed by atoms with Gasteiger partial charge in [0, 0.05) is 50.5 Å². The Hall–Kier alpha value is -3.26. The van der Waals surface area contributed by atoms with Crippen LogP contribution in [-0.2, 0) is 28.8 Å². The summed E-state index contributed by atoms with van der Waals surface area (Å²) in [6.45, 7) is 4.53. The lowest BCUT2D eigenvalue weighted by molar-refractivity contribution is -0.177. The summed E-state index contributed by atoms with van der Waals surface area (Å²) in [6.07, 6.45) is -1.56. The van der Waals surface area contributed by atoms with Gasteiger partial charge in [-0.2, -0.15) is 13.2 Å². The maximum Gasteiger partial charge on any atom is 0.451 e. The highest BCUT2D eigenvalue weighted by Crippen LogP contribution is 2.48. The molecule has 2 aromatic rings. The molecule has 0 spiro atoms. The smallest absolute Gasteiger partial charge is 0.451 e. The van der Waals surface area contributed by atoms with E-state index in [1.807, 2.05) is 6.92 Å². The molecule has 0 bridgehead atoms. The molecule has 3 atom stereocenters. The summed E-state index contributed by atoms with van der Waals surface area (Å²) in [5.74, 6) is -3.06. The number of nitrogens with zero attached hydrogens (tertiary/aromatic N) is 6. The van der Waals surface area contributed by atoms with Crippen molar-refractivity contribution in [3.8, 4) is 0 Å². The number of amides is 1. The number of hydrogen-bond acceptors (Lipinski definition) is 7. The zero-order valence-electron chi connectivity index (χ0n) is 22.6. The highest BCUT2D eigenvalue weighted by Gasteiger charge is 2.56. The Morgan fingerprint density at radius 1 is 1.10 bits per heavy atom. The number of halogens is 4. The van der Waals surface area contributed by atoms with E-state index >= 15 is 0 Å². The minimum Gasteiger partial charge on any atom is -0.478 e. The summed E-state index contributed by atoms with van der Waals surface area (Å²) in [5.41, 5.74) is -0.664. The van der Waals surface area contributed by atoms with Crippen molar-refractivity contribution < 1.29 is 37.0 Å². The molecule has 0 unspecified atom stereocenters. The lowest BCUT2D eigenvalue weighted by atomic mass is 9.85. The van der Waals surface area contributed by atoms with E-state index in [1.165, 1.54) is 12.1 Å². The van der Waals surface area contributed by atoms with Crippen LogP contribution in [0.25, 0.3) is 0 Å². The van der Waals surface area contributed by atoms with Gasteiger partial charge in [-0.05, 0) is 56.7 Å². The van der Waals surface area contributed by atoms with Gasteiger partial charge < -0.3 is 24.2 Å². The molecule has 10 nitrogen and oxygen atoms in total. The van der Waals surface area contributed by atoms with Crippen LogP contribution in [0.15, 0.2) is 18.2 Å². The third-order valence-electron chi connectivity index (χ3n) is 8.96. The van der Waals surface area contributed by atoms with Crippen LogP contribution in [0.4, 0.5) is 23.2 Å². The quantitative estimate of drug-likeness (QED) is 0.539. The first-order chi connectivity index (χ1) is 19.5. The Kier molecular flexibility index (Phi) is 6.96. The number of aromatic nitrogens is 3. The Balaban J connectivity index is 1.09. The molecular weight excluding hydrogens is 548 g/mol. The third-order valence-corrected chi connectivity index (χ3v) is 8.96. The van der Waals surface area contributed by atoms with Crippen molar-refractivity contribution in [1.82, 2.24) is 24.6 Å². The Bertz CT molecular complexity index is 1340. The summed E-state index contributed by atoms with van der Waals surface area (Å²) in [6, 6.07) is 4.29. The van der Waals surface area contributed by atoms with Crippen molar-refractivity contribution >= 4 is 17.6 Å². The van der Waals surface area contributed by atoms with E-state index in [4.69, 9.17) is 4.74 Å². The van der Waals surface area contributed by atoms with Crippen LogP contribution in [0.1, 0.15) is 54.6 Å². The van der Waals surface area contributed by atoms with Crippen LogP contribution < -0.4 is 4.90 Å². The largest absolute Gasteiger partial charge is 0.478 e. The van der Waals surface area contributed by atoms with Gasteiger partial charge in [-0.1, -0.05) is 0 Å². The fourth-order valence-corrected chi connectivity index (χ4v) is 6.65. The van der Waals surface area contributed by atoms with Gasteiger partial charge in [-0.15, -0.1) is 10.2 Å². The average molecular weight is 581 g/mol. The molecule has 222 valence electrons. The molecule has 2 saturated heterocycles. The molecule has 1 N–H and O–H groups in total. The van der Waals surface area contributed by atoms with Crippen LogP contribution >= 0.6 is 0 Å². The number of carboxylic acids is 1. The van der Waals surface area contributed by atoms with Crippen molar-refractivity contribution in [3.05, 3.63) is 41.2 Å². The van der Waals surface area contributed by atoms with Gasteiger partial charge in [-0.3, -0.25) is 9.69 Å². The summed E-state index contributed by atoms with van der Waals surface area (Å²) >= 11 is 0. The summed E-state index contributed by atoms with van der Waals surface area (Å²) in [5, 5.41) is 16.3. The van der Waals surface area contributed by atoms with E-state index < -0.39 is 29.4 Å². The molecule has 14 heteroatoms. The Morgan fingerprint density at radius 3 is 2.51 bits per heavy atom. The highest BCUT2D eigenvalue weighted by atomic mass is 19.4. The highest BCUT2D eigenvalue weighted by molar-refractivity contribution is 5.89. The van der Waals surface area contributed by atoms with E-state index in [0.29, 0.717) is 38.3 Å². The molecule has 3 aliphatic heterocycles. The van der Waals surface area contributed by atoms with Gasteiger partial charge >= 0.3 is 12.1 Å².